The molecule has 264 valence electrons. The number of amides is 6. The summed E-state index contributed by atoms with van der Waals surface area (Å²) in [7, 11) is 0. The van der Waals surface area contributed by atoms with E-state index in [1.54, 1.807) is 12.1 Å². The summed E-state index contributed by atoms with van der Waals surface area (Å²) in [6, 6.07) is 9.13. The van der Waals surface area contributed by atoms with Gasteiger partial charge in [-0.05, 0) is 60.4 Å². The number of urea groups is 2. The molecule has 0 unspecified atom stereocenters. The molecule has 10 nitrogen and oxygen atoms in total. The molecule has 4 atom stereocenters. The van der Waals surface area contributed by atoms with E-state index in [-0.39, 0.29) is 78.8 Å². The minimum Gasteiger partial charge on any atom is -0.329 e. The van der Waals surface area contributed by atoms with E-state index in [4.69, 9.17) is 0 Å². The highest BCUT2D eigenvalue weighted by atomic mass is 19.2. The lowest BCUT2D eigenvalue weighted by Gasteiger charge is -2.12. The van der Waals surface area contributed by atoms with E-state index >= 15 is 0 Å². The molecule has 8 rings (SSSR count). The lowest BCUT2D eigenvalue weighted by atomic mass is 10.1. The summed E-state index contributed by atoms with van der Waals surface area (Å²) in [6.45, 7) is 0.0172. The summed E-state index contributed by atoms with van der Waals surface area (Å²) in [6.07, 6.45) is 4.28. The Morgan fingerprint density at radius 1 is 0.549 bits per heavy atom. The molecule has 51 heavy (non-hydrogen) atoms. The summed E-state index contributed by atoms with van der Waals surface area (Å²) < 4.78 is 80.3. The van der Waals surface area contributed by atoms with Crippen molar-refractivity contribution < 1.29 is 45.5 Å². The number of carbonyl (C=O) groups is 4. The van der Waals surface area contributed by atoms with Crippen molar-refractivity contribution in [3.05, 3.63) is 107 Å². The second kappa shape index (κ2) is 13.5. The standard InChI is InChI=1S/2C17H12F3N3O2.CH4/c2*18-11-3-2-9(15(19)16(11)20)12-4-1-8(6-21-12)10-5-13(10)23-14(24)7-22-17(23)25;/h2*1-4,6,10,13H,5,7H2,(H,22,25);1H4/t2*10-,13+;/m10./s1. The third-order valence-corrected chi connectivity index (χ3v) is 8.98. The van der Waals surface area contributed by atoms with Crippen molar-refractivity contribution in [2.75, 3.05) is 13.1 Å². The molecule has 2 aliphatic heterocycles. The third-order valence-electron chi connectivity index (χ3n) is 8.98. The maximum absolute atomic E-state index is 13.8. The molecule has 4 aliphatic rings. The first-order chi connectivity index (χ1) is 23.9. The smallest absolute Gasteiger partial charge is 0.324 e. The van der Waals surface area contributed by atoms with Gasteiger partial charge in [-0.2, -0.15) is 0 Å². The number of imide groups is 2. The maximum atomic E-state index is 13.8. The van der Waals surface area contributed by atoms with E-state index in [9.17, 15) is 45.5 Å². The highest BCUT2D eigenvalue weighted by Crippen LogP contribution is 2.46. The Kier molecular flexibility index (Phi) is 9.27. The van der Waals surface area contributed by atoms with Crippen molar-refractivity contribution in [2.24, 2.45) is 0 Å². The highest BCUT2D eigenvalue weighted by molar-refractivity contribution is 6.03. The molecule has 2 saturated carbocycles. The van der Waals surface area contributed by atoms with Gasteiger partial charge >= 0.3 is 12.1 Å². The Balaban J connectivity index is 0.000000172. The van der Waals surface area contributed by atoms with Crippen LogP contribution in [0.25, 0.3) is 22.5 Å². The lowest BCUT2D eigenvalue weighted by molar-refractivity contribution is -0.126. The fraction of sp³-hybridized carbons (Fsp3) is 0.257. The zero-order valence-corrected chi connectivity index (χ0v) is 25.6. The van der Waals surface area contributed by atoms with Crippen LogP contribution in [0.4, 0.5) is 35.9 Å². The van der Waals surface area contributed by atoms with Gasteiger partial charge in [-0.1, -0.05) is 19.6 Å². The number of pyridine rings is 2. The Morgan fingerprint density at radius 2 is 0.941 bits per heavy atom. The van der Waals surface area contributed by atoms with Crippen LogP contribution in [0, 0.1) is 34.9 Å². The van der Waals surface area contributed by atoms with Gasteiger partial charge in [0.25, 0.3) is 0 Å². The SMILES string of the molecule is C.O=C1CNC(=O)N1[C@@H]1C[C@H]1c1ccc(-c2ccc(F)c(F)c2F)nc1.O=C1CNC(=O)N1[C@H]1C[C@@H]1c1ccc(-c2ccc(F)c(F)c2F)nc1. The highest BCUT2D eigenvalue weighted by Gasteiger charge is 2.50. The van der Waals surface area contributed by atoms with Crippen LogP contribution in [0.2, 0.25) is 0 Å². The van der Waals surface area contributed by atoms with Crippen LogP contribution in [0.3, 0.4) is 0 Å². The molecule has 4 fully saturated rings. The van der Waals surface area contributed by atoms with Gasteiger partial charge in [0.15, 0.2) is 34.9 Å². The number of halogens is 6. The molecule has 2 aromatic carbocycles. The quantitative estimate of drug-likeness (QED) is 0.149. The average molecular weight is 711 g/mol. The van der Waals surface area contributed by atoms with E-state index in [1.165, 1.54) is 34.3 Å². The van der Waals surface area contributed by atoms with Crippen LogP contribution in [-0.2, 0) is 9.59 Å². The summed E-state index contributed by atoms with van der Waals surface area (Å²) in [5.41, 5.74) is 1.67. The molecule has 16 heteroatoms. The maximum Gasteiger partial charge on any atom is 0.324 e. The monoisotopic (exact) mass is 710 g/mol. The number of carbonyl (C=O) groups excluding carboxylic acids is 4. The van der Waals surface area contributed by atoms with Gasteiger partial charge in [0.05, 0.1) is 24.5 Å². The van der Waals surface area contributed by atoms with Crippen LogP contribution >= 0.6 is 0 Å². The predicted molar refractivity (Wildman–Crippen MR) is 169 cm³/mol. The summed E-state index contributed by atoms with van der Waals surface area (Å²) >= 11 is 0. The molecular weight excluding hydrogens is 682 g/mol. The van der Waals surface area contributed by atoms with Gasteiger partial charge in [-0.15, -0.1) is 0 Å². The average Bonchev–Trinajstić information content (AvgIpc) is 4.02. The molecular formula is C35H28F6N6O4. The molecule has 0 radical (unpaired) electrons. The van der Waals surface area contributed by atoms with Crippen molar-refractivity contribution >= 4 is 23.9 Å². The van der Waals surface area contributed by atoms with Gasteiger partial charge in [0.1, 0.15) is 0 Å². The largest absolute Gasteiger partial charge is 0.329 e. The summed E-state index contributed by atoms with van der Waals surface area (Å²) in [5, 5.41) is 4.95. The second-order valence-electron chi connectivity index (χ2n) is 12.1. The topological polar surface area (TPSA) is 125 Å². The molecule has 2 aromatic heterocycles. The van der Waals surface area contributed by atoms with E-state index in [1.807, 2.05) is 0 Å². The van der Waals surface area contributed by atoms with Crippen LogP contribution in [-0.4, -0.2) is 68.8 Å². The Morgan fingerprint density at radius 3 is 1.25 bits per heavy atom. The minimum absolute atomic E-state index is 0. The molecule has 0 spiro atoms. The van der Waals surface area contributed by atoms with Gasteiger partial charge in [0.2, 0.25) is 11.8 Å². The molecule has 2 N–H and O–H groups in total. The minimum atomic E-state index is -1.54. The lowest BCUT2D eigenvalue weighted by Crippen LogP contribution is -2.33. The molecule has 0 bridgehead atoms. The first-order valence-electron chi connectivity index (χ1n) is 15.3. The first kappa shape index (κ1) is 35.0. The van der Waals surface area contributed by atoms with Crippen LogP contribution in [0.5, 0.6) is 0 Å². The van der Waals surface area contributed by atoms with Crippen LogP contribution in [0.1, 0.15) is 43.2 Å². The van der Waals surface area contributed by atoms with E-state index in [0.29, 0.717) is 12.8 Å². The number of hydrogen-bond acceptors (Lipinski definition) is 6. The van der Waals surface area contributed by atoms with Gasteiger partial charge < -0.3 is 10.6 Å². The number of benzene rings is 2. The van der Waals surface area contributed by atoms with Crippen molar-refractivity contribution in [1.82, 2.24) is 30.4 Å². The fourth-order valence-electron chi connectivity index (χ4n) is 6.21. The van der Waals surface area contributed by atoms with E-state index in [2.05, 4.69) is 20.6 Å². The van der Waals surface area contributed by atoms with Crippen LogP contribution < -0.4 is 10.6 Å². The molecule has 2 aliphatic carbocycles. The number of hydrogen-bond donors (Lipinski definition) is 2. The predicted octanol–water partition coefficient (Wildman–Crippen LogP) is 5.78. The van der Waals surface area contributed by atoms with E-state index < -0.39 is 47.0 Å². The van der Waals surface area contributed by atoms with Crippen molar-refractivity contribution in [3.8, 4) is 22.5 Å². The Hall–Kier alpha value is -5.80. The number of nitrogens with one attached hydrogen (secondary N) is 2. The third kappa shape index (κ3) is 6.48. The first-order valence-corrected chi connectivity index (χ1v) is 15.3. The fourth-order valence-corrected chi connectivity index (χ4v) is 6.21. The number of rotatable bonds is 6. The van der Waals surface area contributed by atoms with Crippen molar-refractivity contribution in [3.63, 3.8) is 0 Å². The molecule has 4 aromatic rings. The van der Waals surface area contributed by atoms with E-state index in [0.717, 1.165) is 35.4 Å². The zero-order chi connectivity index (χ0) is 35.4. The van der Waals surface area contributed by atoms with Gasteiger partial charge in [0, 0.05) is 47.4 Å². The van der Waals surface area contributed by atoms with Crippen molar-refractivity contribution in [1.29, 1.82) is 0 Å². The van der Waals surface area contributed by atoms with Crippen LogP contribution in [0.15, 0.2) is 60.9 Å². The zero-order valence-electron chi connectivity index (χ0n) is 25.6. The van der Waals surface area contributed by atoms with Gasteiger partial charge in [-0.3, -0.25) is 29.4 Å². The Bertz CT molecular complexity index is 1890. The number of aromatic nitrogens is 2. The number of nitrogens with zero attached hydrogens (tertiary/aromatic N) is 4. The van der Waals surface area contributed by atoms with Crippen molar-refractivity contribution in [2.45, 2.75) is 44.2 Å². The second-order valence-corrected chi connectivity index (χ2v) is 12.1. The normalized spacial score (nSPS) is 21.8. The Labute approximate surface area is 286 Å². The molecule has 4 heterocycles. The molecule has 6 amide bonds. The summed E-state index contributed by atoms with van der Waals surface area (Å²) in [4.78, 5) is 57.3. The van der Waals surface area contributed by atoms with Gasteiger partial charge in [-0.25, -0.2) is 35.9 Å². The molecule has 2 saturated heterocycles. The summed E-state index contributed by atoms with van der Waals surface area (Å²) in [5.74, 6) is -8.73.